The molecule has 0 amide bonds. The van der Waals surface area contributed by atoms with Crippen molar-refractivity contribution in [3.05, 3.63) is 52.5 Å². The number of benzene rings is 1. The highest BCUT2D eigenvalue weighted by Crippen LogP contribution is 2.16. The summed E-state index contributed by atoms with van der Waals surface area (Å²) in [6.45, 7) is 0.575. The molecule has 0 fully saturated rings. The average Bonchev–Trinajstić information content (AvgIpc) is 3.00. The van der Waals surface area contributed by atoms with Gasteiger partial charge >= 0.3 is 0 Å². The second-order valence-electron chi connectivity index (χ2n) is 4.28. The number of thiazole rings is 1. The van der Waals surface area contributed by atoms with Gasteiger partial charge in [0.2, 0.25) is 4.96 Å². The molecule has 0 radical (unpaired) electrons. The first-order valence-corrected chi connectivity index (χ1v) is 7.12. The molecule has 0 aliphatic rings. The number of nitrogens with zero attached hydrogens (tertiary/aromatic N) is 3. The Bertz CT molecular complexity index is 759. The molecule has 0 aliphatic carbocycles. The minimum absolute atomic E-state index is 0.256. The van der Waals surface area contributed by atoms with Gasteiger partial charge in [0.05, 0.1) is 5.69 Å². The molecule has 3 aromatic rings. The lowest BCUT2D eigenvalue weighted by atomic mass is 10.2. The van der Waals surface area contributed by atoms with Crippen molar-refractivity contribution in [1.82, 2.24) is 14.6 Å². The molecule has 2 N–H and O–H groups in total. The number of hydrogen-bond donors (Lipinski definition) is 1. The number of aromatic nitrogens is 3. The highest BCUT2D eigenvalue weighted by Gasteiger charge is 2.07. The largest absolute Gasteiger partial charge is 0.330 e. The Kier molecular flexibility index (Phi) is 3.58. The van der Waals surface area contributed by atoms with E-state index in [-0.39, 0.29) is 5.82 Å². The zero-order chi connectivity index (χ0) is 13.9. The van der Waals surface area contributed by atoms with E-state index in [1.165, 1.54) is 17.4 Å². The summed E-state index contributed by atoms with van der Waals surface area (Å²) < 4.78 is 15.3. The molecule has 2 heterocycles. The van der Waals surface area contributed by atoms with E-state index in [0.717, 1.165) is 17.1 Å². The van der Waals surface area contributed by atoms with Crippen molar-refractivity contribution in [1.29, 1.82) is 0 Å². The molecule has 0 unspecified atom stereocenters. The molecule has 2 aromatic heterocycles. The van der Waals surface area contributed by atoms with E-state index < -0.39 is 0 Å². The normalized spacial score (nSPS) is 11.7. The van der Waals surface area contributed by atoms with Crippen LogP contribution in [0.5, 0.6) is 0 Å². The van der Waals surface area contributed by atoms with Crippen molar-refractivity contribution in [2.45, 2.75) is 6.42 Å². The lowest BCUT2D eigenvalue weighted by Crippen LogP contribution is -2.05. The van der Waals surface area contributed by atoms with Gasteiger partial charge in [-0.3, -0.25) is 0 Å². The van der Waals surface area contributed by atoms with Crippen LogP contribution in [0.3, 0.4) is 0 Å². The van der Waals surface area contributed by atoms with Crippen molar-refractivity contribution in [3.8, 4) is 0 Å². The highest BCUT2D eigenvalue weighted by atomic mass is 32.1. The monoisotopic (exact) mass is 288 g/mol. The van der Waals surface area contributed by atoms with E-state index in [0.29, 0.717) is 17.9 Å². The molecule has 0 aliphatic heterocycles. The van der Waals surface area contributed by atoms with E-state index >= 15 is 0 Å². The van der Waals surface area contributed by atoms with Gasteiger partial charge in [-0.1, -0.05) is 18.2 Å². The summed E-state index contributed by atoms with van der Waals surface area (Å²) in [6, 6.07) is 6.60. The Hall–Kier alpha value is -2.05. The smallest absolute Gasteiger partial charge is 0.212 e. The predicted octanol–water partition coefficient (Wildman–Crippen LogP) is 2.60. The minimum atomic E-state index is -0.256. The summed E-state index contributed by atoms with van der Waals surface area (Å²) >= 11 is 1.53. The third-order valence-electron chi connectivity index (χ3n) is 2.88. The maximum atomic E-state index is 13.5. The molecule has 3 rings (SSSR count). The summed E-state index contributed by atoms with van der Waals surface area (Å²) in [7, 11) is 0. The van der Waals surface area contributed by atoms with Gasteiger partial charge < -0.3 is 5.73 Å². The zero-order valence-electron chi connectivity index (χ0n) is 10.7. The zero-order valence-corrected chi connectivity index (χ0v) is 11.5. The van der Waals surface area contributed by atoms with Gasteiger partial charge in [-0.25, -0.2) is 8.91 Å². The van der Waals surface area contributed by atoms with Crippen LogP contribution in [0.15, 0.2) is 29.6 Å². The average molecular weight is 288 g/mol. The predicted molar refractivity (Wildman–Crippen MR) is 79.0 cm³/mol. The van der Waals surface area contributed by atoms with E-state index in [1.807, 2.05) is 5.38 Å². The van der Waals surface area contributed by atoms with Crippen LogP contribution in [0.1, 0.15) is 17.1 Å². The topological polar surface area (TPSA) is 56.2 Å². The standard InChI is InChI=1S/C14H13FN4S/c15-12-4-2-1-3-10(12)5-6-13-17-14-19(18-13)11(7-8-16)9-20-14/h1-6,9H,7-8,16H2/b6-5+. The summed E-state index contributed by atoms with van der Waals surface area (Å²) in [4.78, 5) is 5.20. The van der Waals surface area contributed by atoms with E-state index in [2.05, 4.69) is 10.1 Å². The van der Waals surface area contributed by atoms with E-state index in [9.17, 15) is 4.39 Å². The van der Waals surface area contributed by atoms with Crippen LogP contribution < -0.4 is 5.73 Å². The fourth-order valence-electron chi connectivity index (χ4n) is 1.90. The second-order valence-corrected chi connectivity index (χ2v) is 5.12. The molecular weight excluding hydrogens is 275 g/mol. The molecule has 4 nitrogen and oxygen atoms in total. The molecule has 20 heavy (non-hydrogen) atoms. The third kappa shape index (κ3) is 2.48. The van der Waals surface area contributed by atoms with Gasteiger partial charge in [0.25, 0.3) is 0 Å². The number of nitrogens with two attached hydrogens (primary N) is 1. The van der Waals surface area contributed by atoms with Crippen LogP contribution in [-0.2, 0) is 6.42 Å². The van der Waals surface area contributed by atoms with Gasteiger partial charge in [0.15, 0.2) is 5.82 Å². The van der Waals surface area contributed by atoms with Crippen LogP contribution in [0.4, 0.5) is 4.39 Å². The molecule has 6 heteroatoms. The first-order valence-electron chi connectivity index (χ1n) is 6.24. The van der Waals surface area contributed by atoms with E-state index in [1.54, 1.807) is 34.9 Å². The third-order valence-corrected chi connectivity index (χ3v) is 3.75. The van der Waals surface area contributed by atoms with E-state index in [4.69, 9.17) is 5.73 Å². The molecule has 0 saturated carbocycles. The highest BCUT2D eigenvalue weighted by molar-refractivity contribution is 7.15. The number of fused-ring (bicyclic) bond motifs is 1. The Morgan fingerprint density at radius 3 is 2.95 bits per heavy atom. The van der Waals surface area contributed by atoms with Crippen LogP contribution >= 0.6 is 11.3 Å². The van der Waals surface area contributed by atoms with Crippen molar-refractivity contribution < 1.29 is 4.39 Å². The first-order chi connectivity index (χ1) is 9.78. The van der Waals surface area contributed by atoms with Gasteiger partial charge in [0, 0.05) is 17.4 Å². The summed E-state index contributed by atoms with van der Waals surface area (Å²) in [5.41, 5.74) is 7.12. The van der Waals surface area contributed by atoms with Crippen molar-refractivity contribution in [2.24, 2.45) is 5.73 Å². The molecule has 0 atom stereocenters. The quantitative estimate of drug-likeness (QED) is 0.803. The number of hydrogen-bond acceptors (Lipinski definition) is 4. The van der Waals surface area contributed by atoms with Gasteiger partial charge in [-0.15, -0.1) is 16.4 Å². The molecule has 0 saturated heterocycles. The molecule has 102 valence electrons. The fourth-order valence-corrected chi connectivity index (χ4v) is 2.77. The van der Waals surface area contributed by atoms with Crippen LogP contribution in [-0.4, -0.2) is 21.1 Å². The fraction of sp³-hybridized carbons (Fsp3) is 0.143. The Morgan fingerprint density at radius 1 is 1.30 bits per heavy atom. The maximum absolute atomic E-state index is 13.5. The minimum Gasteiger partial charge on any atom is -0.330 e. The summed E-state index contributed by atoms with van der Waals surface area (Å²) in [6.07, 6.45) is 4.15. The summed E-state index contributed by atoms with van der Waals surface area (Å²) in [5.74, 6) is 0.312. The van der Waals surface area contributed by atoms with Crippen LogP contribution in [0, 0.1) is 5.82 Å². The molecule has 0 bridgehead atoms. The number of rotatable bonds is 4. The SMILES string of the molecule is NCCc1csc2nc(/C=C/c3ccccc3F)nn12. The van der Waals surface area contributed by atoms with Gasteiger partial charge in [-0.2, -0.15) is 4.98 Å². The van der Waals surface area contributed by atoms with Crippen molar-refractivity contribution in [3.63, 3.8) is 0 Å². The Labute approximate surface area is 119 Å². The maximum Gasteiger partial charge on any atom is 0.212 e. The van der Waals surface area contributed by atoms with Gasteiger partial charge in [0.1, 0.15) is 5.82 Å². The van der Waals surface area contributed by atoms with Gasteiger partial charge in [-0.05, 0) is 24.8 Å². The Morgan fingerprint density at radius 2 is 2.15 bits per heavy atom. The van der Waals surface area contributed by atoms with Crippen LogP contribution in [0.25, 0.3) is 17.1 Å². The Balaban J connectivity index is 1.89. The van der Waals surface area contributed by atoms with Crippen molar-refractivity contribution in [2.75, 3.05) is 6.54 Å². The number of halogens is 1. The molecular formula is C14H13FN4S. The van der Waals surface area contributed by atoms with Crippen molar-refractivity contribution >= 4 is 28.4 Å². The summed E-state index contributed by atoms with van der Waals surface area (Å²) in [5, 5.41) is 6.39. The molecule has 1 aromatic carbocycles. The lowest BCUT2D eigenvalue weighted by Gasteiger charge is -1.94. The van der Waals surface area contributed by atoms with Crippen LogP contribution in [0.2, 0.25) is 0 Å². The second kappa shape index (κ2) is 5.52. The molecule has 0 spiro atoms. The first kappa shape index (κ1) is 13.0. The lowest BCUT2D eigenvalue weighted by molar-refractivity contribution is 0.625.